The molecule has 1 heterocycles. The van der Waals surface area contributed by atoms with E-state index < -0.39 is 12.2 Å². The minimum absolute atomic E-state index is 0.151. The molecule has 0 aromatic heterocycles. The molecule has 0 bridgehead atoms. The van der Waals surface area contributed by atoms with E-state index >= 15 is 0 Å². The maximum absolute atomic E-state index is 12.4. The Morgan fingerprint density at radius 2 is 2.19 bits per heavy atom. The number of benzene rings is 1. The third kappa shape index (κ3) is 2.94. The first-order valence-electron chi connectivity index (χ1n) is 7.03. The maximum Gasteiger partial charge on any atom is 0.387 e. The molecule has 0 saturated carbocycles. The Hall–Kier alpha value is -1.85. The van der Waals surface area contributed by atoms with Crippen molar-refractivity contribution in [3.63, 3.8) is 0 Å². The lowest BCUT2D eigenvalue weighted by molar-refractivity contribution is -0.0499. The van der Waals surface area contributed by atoms with E-state index in [0.29, 0.717) is 12.5 Å². The minimum Gasteiger partial charge on any atom is -0.435 e. The maximum atomic E-state index is 12.4. The number of aliphatic imine (C=N–C) groups is 1. The van der Waals surface area contributed by atoms with Gasteiger partial charge in [0.1, 0.15) is 5.75 Å². The molecule has 0 spiro atoms. The first kappa shape index (κ1) is 15.5. The van der Waals surface area contributed by atoms with Gasteiger partial charge in [0.15, 0.2) is 5.96 Å². The van der Waals surface area contributed by atoms with Crippen LogP contribution in [-0.2, 0) is 5.54 Å². The molecular weight excluding hydrogens is 276 g/mol. The fraction of sp³-hybridized carbons (Fsp3) is 0.533. The summed E-state index contributed by atoms with van der Waals surface area (Å²) in [5.74, 6) is 0.644. The molecule has 4 nitrogen and oxygen atoms in total. The Labute approximate surface area is 123 Å². The highest BCUT2D eigenvalue weighted by molar-refractivity contribution is 5.81. The van der Waals surface area contributed by atoms with Crippen LogP contribution in [0, 0.1) is 0 Å². The number of nitrogens with zero attached hydrogens (tertiary/aromatic N) is 2. The van der Waals surface area contributed by atoms with Gasteiger partial charge in [-0.2, -0.15) is 8.78 Å². The smallest absolute Gasteiger partial charge is 0.387 e. The van der Waals surface area contributed by atoms with Crippen LogP contribution in [0.25, 0.3) is 0 Å². The predicted octanol–water partition coefficient (Wildman–Crippen LogP) is 2.93. The van der Waals surface area contributed by atoms with Gasteiger partial charge in [0, 0.05) is 6.04 Å². The normalized spacial score (nSPS) is 23.3. The molecule has 116 valence electrons. The fourth-order valence-corrected chi connectivity index (χ4v) is 2.77. The van der Waals surface area contributed by atoms with Crippen LogP contribution in [0.4, 0.5) is 8.78 Å². The zero-order valence-electron chi connectivity index (χ0n) is 12.5. The van der Waals surface area contributed by atoms with E-state index in [1.165, 1.54) is 6.07 Å². The molecule has 0 radical (unpaired) electrons. The van der Waals surface area contributed by atoms with Crippen LogP contribution < -0.4 is 10.5 Å². The van der Waals surface area contributed by atoms with Gasteiger partial charge in [0.05, 0.1) is 12.1 Å². The third-order valence-corrected chi connectivity index (χ3v) is 4.04. The molecule has 0 saturated heterocycles. The summed E-state index contributed by atoms with van der Waals surface area (Å²) in [6, 6.07) is 6.96. The fourth-order valence-electron chi connectivity index (χ4n) is 2.77. The van der Waals surface area contributed by atoms with Crippen LogP contribution in [0.3, 0.4) is 0 Å². The molecule has 21 heavy (non-hydrogen) atoms. The second kappa shape index (κ2) is 5.87. The van der Waals surface area contributed by atoms with Crippen LogP contribution in [-0.4, -0.2) is 30.1 Å². The number of guanidine groups is 1. The van der Waals surface area contributed by atoms with E-state index in [4.69, 9.17) is 5.73 Å². The van der Waals surface area contributed by atoms with Gasteiger partial charge in [-0.05, 0) is 38.0 Å². The number of halogens is 2. The molecule has 0 fully saturated rings. The Kier molecular flexibility index (Phi) is 4.34. The lowest BCUT2D eigenvalue weighted by Gasteiger charge is -2.40. The number of hydrogen-bond donors (Lipinski definition) is 1. The van der Waals surface area contributed by atoms with E-state index in [1.54, 1.807) is 12.1 Å². The summed E-state index contributed by atoms with van der Waals surface area (Å²) in [5.41, 5.74) is 6.43. The highest BCUT2D eigenvalue weighted by Crippen LogP contribution is 2.36. The molecule has 1 aromatic rings. The molecule has 1 aromatic carbocycles. The van der Waals surface area contributed by atoms with Crippen LogP contribution in [0.2, 0.25) is 0 Å². The van der Waals surface area contributed by atoms with Crippen LogP contribution >= 0.6 is 0 Å². The van der Waals surface area contributed by atoms with Gasteiger partial charge in [0.25, 0.3) is 0 Å². The summed E-state index contributed by atoms with van der Waals surface area (Å²) in [6.45, 7) is 3.84. The number of ether oxygens (including phenoxy) is 1. The zero-order chi connectivity index (χ0) is 15.6. The van der Waals surface area contributed by atoms with Crippen molar-refractivity contribution in [3.8, 4) is 5.75 Å². The molecule has 1 aliphatic rings. The van der Waals surface area contributed by atoms with Crippen molar-refractivity contribution in [2.75, 3.05) is 6.54 Å². The summed E-state index contributed by atoms with van der Waals surface area (Å²) in [5, 5.41) is 0. The average Bonchev–Trinajstić information content (AvgIpc) is 2.74. The lowest BCUT2D eigenvalue weighted by Crippen LogP contribution is -2.51. The van der Waals surface area contributed by atoms with E-state index in [9.17, 15) is 8.78 Å². The summed E-state index contributed by atoms with van der Waals surface area (Å²) in [4.78, 5) is 6.39. The molecule has 1 aliphatic heterocycles. The predicted molar refractivity (Wildman–Crippen MR) is 78.5 cm³/mol. The highest BCUT2D eigenvalue weighted by atomic mass is 19.3. The molecule has 6 heteroatoms. The van der Waals surface area contributed by atoms with Crippen LogP contribution in [0.1, 0.15) is 32.8 Å². The van der Waals surface area contributed by atoms with E-state index in [0.717, 1.165) is 12.0 Å². The molecule has 2 N–H and O–H groups in total. The van der Waals surface area contributed by atoms with Crippen molar-refractivity contribution in [1.29, 1.82) is 0 Å². The number of nitrogens with two attached hydrogens (primary N) is 1. The summed E-state index contributed by atoms with van der Waals surface area (Å²) < 4.78 is 29.2. The van der Waals surface area contributed by atoms with Gasteiger partial charge in [-0.15, -0.1) is 0 Å². The molecule has 0 amide bonds. The summed E-state index contributed by atoms with van der Waals surface area (Å²) in [6.07, 6.45) is 0.916. The Balaban J connectivity index is 2.35. The van der Waals surface area contributed by atoms with Crippen molar-refractivity contribution in [2.24, 2.45) is 10.7 Å². The Morgan fingerprint density at radius 1 is 1.48 bits per heavy atom. The lowest BCUT2D eigenvalue weighted by atomic mass is 9.89. The van der Waals surface area contributed by atoms with E-state index in [1.807, 2.05) is 13.0 Å². The average molecular weight is 297 g/mol. The topological polar surface area (TPSA) is 50.8 Å². The number of rotatable bonds is 5. The van der Waals surface area contributed by atoms with Crippen LogP contribution in [0.5, 0.6) is 5.75 Å². The first-order chi connectivity index (χ1) is 9.88. The van der Waals surface area contributed by atoms with Gasteiger partial charge < -0.3 is 15.4 Å². The van der Waals surface area contributed by atoms with E-state index in [2.05, 4.69) is 28.5 Å². The highest BCUT2D eigenvalue weighted by Gasteiger charge is 2.41. The zero-order valence-corrected chi connectivity index (χ0v) is 12.5. The third-order valence-electron chi connectivity index (χ3n) is 4.04. The molecule has 2 atom stereocenters. The first-order valence-corrected chi connectivity index (χ1v) is 7.03. The van der Waals surface area contributed by atoms with E-state index in [-0.39, 0.29) is 11.8 Å². The quantitative estimate of drug-likeness (QED) is 0.909. The van der Waals surface area contributed by atoms with Crippen LogP contribution in [0.15, 0.2) is 29.3 Å². The second-order valence-corrected chi connectivity index (χ2v) is 5.48. The van der Waals surface area contributed by atoms with Gasteiger partial charge in [0.2, 0.25) is 0 Å². The SMILES string of the molecule is CCC(C)N1C(N)=NCC1(C)c1cccc(OC(F)F)c1. The summed E-state index contributed by atoms with van der Waals surface area (Å²) >= 11 is 0. The molecule has 2 unspecified atom stereocenters. The molecule has 2 rings (SSSR count). The second-order valence-electron chi connectivity index (χ2n) is 5.48. The standard InChI is InChI=1S/C15H21F2N3O/c1-4-10(2)20-14(18)19-9-15(20,3)11-6-5-7-12(8-11)21-13(16)17/h5-8,10,13H,4,9H2,1-3H3,(H2,18,19). The van der Waals surface area contributed by atoms with Crippen molar-refractivity contribution < 1.29 is 13.5 Å². The van der Waals surface area contributed by atoms with Gasteiger partial charge in [-0.25, -0.2) is 0 Å². The summed E-state index contributed by atoms with van der Waals surface area (Å²) in [7, 11) is 0. The van der Waals surface area contributed by atoms with Gasteiger partial charge >= 0.3 is 6.61 Å². The van der Waals surface area contributed by atoms with Crippen molar-refractivity contribution in [3.05, 3.63) is 29.8 Å². The Bertz CT molecular complexity index is 535. The van der Waals surface area contributed by atoms with Crippen molar-refractivity contribution in [1.82, 2.24) is 4.90 Å². The molecule has 0 aliphatic carbocycles. The minimum atomic E-state index is -2.83. The van der Waals surface area contributed by atoms with Crippen molar-refractivity contribution >= 4 is 5.96 Å². The monoisotopic (exact) mass is 297 g/mol. The van der Waals surface area contributed by atoms with Gasteiger partial charge in [-0.3, -0.25) is 4.99 Å². The largest absolute Gasteiger partial charge is 0.435 e. The molecular formula is C15H21F2N3O. The number of hydrogen-bond acceptors (Lipinski definition) is 4. The van der Waals surface area contributed by atoms with Crippen molar-refractivity contribution in [2.45, 2.75) is 45.4 Å². The number of alkyl halides is 2. The van der Waals surface area contributed by atoms with Gasteiger partial charge in [-0.1, -0.05) is 19.1 Å². The Morgan fingerprint density at radius 3 is 2.81 bits per heavy atom.